The smallest absolute Gasteiger partial charge is 0.260 e. The minimum atomic E-state index is -0.398. The van der Waals surface area contributed by atoms with Crippen LogP contribution in [0.3, 0.4) is 0 Å². The maximum absolute atomic E-state index is 12.6. The van der Waals surface area contributed by atoms with Crippen LogP contribution in [0.15, 0.2) is 54.6 Å². The minimum Gasteiger partial charge on any atom is -0.346 e. The molecule has 20 heavy (non-hydrogen) atoms. The molecule has 1 N–H and O–H groups in total. The molecule has 1 saturated heterocycles. The van der Waals surface area contributed by atoms with Crippen LogP contribution in [0.1, 0.15) is 17.2 Å². The van der Waals surface area contributed by atoms with E-state index in [0.29, 0.717) is 5.11 Å². The third kappa shape index (κ3) is 2.18. The molecular weight excluding hydrogens is 268 g/mol. The molecule has 1 aliphatic rings. The van der Waals surface area contributed by atoms with Gasteiger partial charge in [-0.15, -0.1) is 0 Å². The van der Waals surface area contributed by atoms with Gasteiger partial charge in [-0.1, -0.05) is 48.0 Å². The number of nitrogens with zero attached hydrogens (tertiary/aromatic N) is 1. The third-order valence-electron chi connectivity index (χ3n) is 3.36. The molecule has 3 nitrogen and oxygen atoms in total. The summed E-state index contributed by atoms with van der Waals surface area (Å²) in [4.78, 5) is 14.1. The Morgan fingerprint density at radius 1 is 1.05 bits per heavy atom. The molecule has 4 heteroatoms. The lowest BCUT2D eigenvalue weighted by Gasteiger charge is -2.15. The van der Waals surface area contributed by atoms with E-state index in [9.17, 15) is 4.79 Å². The lowest BCUT2D eigenvalue weighted by atomic mass is 10.1. The monoisotopic (exact) mass is 282 g/mol. The summed E-state index contributed by atoms with van der Waals surface area (Å²) in [5.74, 6) is -0.0370. The van der Waals surface area contributed by atoms with E-state index in [1.165, 1.54) is 0 Å². The highest BCUT2D eigenvalue weighted by molar-refractivity contribution is 7.80. The average molecular weight is 282 g/mol. The summed E-state index contributed by atoms with van der Waals surface area (Å²) in [5.41, 5.74) is 2.88. The Balaban J connectivity index is 1.93. The van der Waals surface area contributed by atoms with Crippen LogP contribution in [-0.4, -0.2) is 11.0 Å². The minimum absolute atomic E-state index is 0.0370. The number of aryl methyl sites for hydroxylation is 1. The van der Waals surface area contributed by atoms with E-state index < -0.39 is 6.04 Å². The van der Waals surface area contributed by atoms with E-state index in [1.54, 1.807) is 4.90 Å². The second kappa shape index (κ2) is 5.06. The quantitative estimate of drug-likeness (QED) is 0.860. The van der Waals surface area contributed by atoms with Crippen LogP contribution < -0.4 is 10.2 Å². The van der Waals surface area contributed by atoms with Crippen molar-refractivity contribution in [3.05, 3.63) is 65.7 Å². The SMILES string of the molecule is Cc1ccc(N2C(=O)C(c3ccccc3)NC2=S)cc1. The lowest BCUT2D eigenvalue weighted by Crippen LogP contribution is -2.30. The van der Waals surface area contributed by atoms with Gasteiger partial charge < -0.3 is 5.32 Å². The molecule has 1 amide bonds. The fourth-order valence-electron chi connectivity index (χ4n) is 2.29. The fraction of sp³-hybridized carbons (Fsp3) is 0.125. The van der Waals surface area contributed by atoms with Crippen molar-refractivity contribution in [3.8, 4) is 0 Å². The number of amides is 1. The largest absolute Gasteiger partial charge is 0.346 e. The number of anilines is 1. The van der Waals surface area contributed by atoms with Crippen LogP contribution in [-0.2, 0) is 4.79 Å². The van der Waals surface area contributed by atoms with E-state index in [2.05, 4.69) is 5.32 Å². The van der Waals surface area contributed by atoms with Gasteiger partial charge in [-0.05, 0) is 36.8 Å². The van der Waals surface area contributed by atoms with Crippen LogP contribution >= 0.6 is 12.2 Å². The van der Waals surface area contributed by atoms with Crippen LogP contribution in [0, 0.1) is 6.92 Å². The summed E-state index contributed by atoms with van der Waals surface area (Å²) in [6.07, 6.45) is 0. The van der Waals surface area contributed by atoms with Gasteiger partial charge in [-0.25, -0.2) is 0 Å². The first-order valence-electron chi connectivity index (χ1n) is 6.43. The molecule has 0 aromatic heterocycles. The zero-order valence-corrected chi connectivity index (χ0v) is 11.9. The van der Waals surface area contributed by atoms with Crippen molar-refractivity contribution in [1.82, 2.24) is 5.32 Å². The summed E-state index contributed by atoms with van der Waals surface area (Å²) in [5, 5.41) is 3.54. The summed E-state index contributed by atoms with van der Waals surface area (Å²) in [7, 11) is 0. The zero-order chi connectivity index (χ0) is 14.1. The molecule has 2 aromatic rings. The van der Waals surface area contributed by atoms with Crippen molar-refractivity contribution in [3.63, 3.8) is 0 Å². The van der Waals surface area contributed by atoms with Gasteiger partial charge in [0.1, 0.15) is 6.04 Å². The highest BCUT2D eigenvalue weighted by Crippen LogP contribution is 2.27. The third-order valence-corrected chi connectivity index (χ3v) is 3.66. The molecular formula is C16H14N2OS. The highest BCUT2D eigenvalue weighted by atomic mass is 32.1. The summed E-state index contributed by atoms with van der Waals surface area (Å²) in [6.45, 7) is 2.01. The predicted octanol–water partition coefficient (Wildman–Crippen LogP) is 2.96. The first kappa shape index (κ1) is 12.8. The second-order valence-corrected chi connectivity index (χ2v) is 5.19. The Bertz CT molecular complexity index is 652. The number of hydrogen-bond acceptors (Lipinski definition) is 2. The van der Waals surface area contributed by atoms with Crippen LogP contribution in [0.5, 0.6) is 0 Å². The van der Waals surface area contributed by atoms with Gasteiger partial charge in [0.25, 0.3) is 5.91 Å². The van der Waals surface area contributed by atoms with Gasteiger partial charge in [0.05, 0.1) is 5.69 Å². The zero-order valence-electron chi connectivity index (χ0n) is 11.0. The maximum Gasteiger partial charge on any atom is 0.260 e. The Morgan fingerprint density at radius 2 is 1.70 bits per heavy atom. The van der Waals surface area contributed by atoms with E-state index in [1.807, 2.05) is 61.5 Å². The molecule has 0 spiro atoms. The van der Waals surface area contributed by atoms with Crippen molar-refractivity contribution >= 4 is 28.9 Å². The summed E-state index contributed by atoms with van der Waals surface area (Å²) < 4.78 is 0. The molecule has 1 fully saturated rings. The van der Waals surface area contributed by atoms with Crippen molar-refractivity contribution < 1.29 is 4.79 Å². The molecule has 1 atom stereocenters. The molecule has 2 aromatic carbocycles. The van der Waals surface area contributed by atoms with Crippen LogP contribution in [0.25, 0.3) is 0 Å². The number of carbonyl (C=O) groups excluding carboxylic acids is 1. The molecule has 0 aliphatic carbocycles. The second-order valence-electron chi connectivity index (χ2n) is 4.80. The summed E-state index contributed by atoms with van der Waals surface area (Å²) >= 11 is 5.30. The van der Waals surface area contributed by atoms with Crippen molar-refractivity contribution in [2.24, 2.45) is 0 Å². The van der Waals surface area contributed by atoms with E-state index in [-0.39, 0.29) is 5.91 Å². The van der Waals surface area contributed by atoms with Gasteiger partial charge in [0.15, 0.2) is 5.11 Å². The molecule has 0 bridgehead atoms. The van der Waals surface area contributed by atoms with Crippen LogP contribution in [0.4, 0.5) is 5.69 Å². The number of thiocarbonyl (C=S) groups is 1. The van der Waals surface area contributed by atoms with Gasteiger partial charge in [-0.2, -0.15) is 0 Å². The fourth-order valence-corrected chi connectivity index (χ4v) is 2.60. The topological polar surface area (TPSA) is 32.3 Å². The molecule has 1 heterocycles. The Labute approximate surface area is 123 Å². The Morgan fingerprint density at radius 3 is 2.35 bits per heavy atom. The Hall–Kier alpha value is -2.20. The van der Waals surface area contributed by atoms with Crippen LogP contribution in [0.2, 0.25) is 0 Å². The molecule has 0 radical (unpaired) electrons. The van der Waals surface area contributed by atoms with Gasteiger partial charge >= 0.3 is 0 Å². The number of rotatable bonds is 2. The normalized spacial score (nSPS) is 18.2. The first-order valence-corrected chi connectivity index (χ1v) is 6.84. The average Bonchev–Trinajstić information content (AvgIpc) is 2.76. The summed E-state index contributed by atoms with van der Waals surface area (Å²) in [6, 6.07) is 17.0. The lowest BCUT2D eigenvalue weighted by molar-refractivity contribution is -0.118. The highest BCUT2D eigenvalue weighted by Gasteiger charge is 2.37. The van der Waals surface area contributed by atoms with Gasteiger partial charge in [-0.3, -0.25) is 9.69 Å². The van der Waals surface area contributed by atoms with Crippen molar-refractivity contribution in [2.75, 3.05) is 4.90 Å². The number of benzene rings is 2. The number of nitrogens with one attached hydrogen (secondary N) is 1. The molecule has 100 valence electrons. The number of hydrogen-bond donors (Lipinski definition) is 1. The predicted molar refractivity (Wildman–Crippen MR) is 83.6 cm³/mol. The van der Waals surface area contributed by atoms with E-state index in [4.69, 9.17) is 12.2 Å². The molecule has 1 aliphatic heterocycles. The van der Waals surface area contributed by atoms with Crippen molar-refractivity contribution in [1.29, 1.82) is 0 Å². The maximum atomic E-state index is 12.6. The van der Waals surface area contributed by atoms with Crippen molar-refractivity contribution in [2.45, 2.75) is 13.0 Å². The first-order chi connectivity index (χ1) is 9.66. The van der Waals surface area contributed by atoms with E-state index in [0.717, 1.165) is 16.8 Å². The molecule has 3 rings (SSSR count). The van der Waals surface area contributed by atoms with E-state index >= 15 is 0 Å². The molecule has 1 unspecified atom stereocenters. The standard InChI is InChI=1S/C16H14N2OS/c1-11-7-9-13(10-8-11)18-15(19)14(17-16(18)20)12-5-3-2-4-6-12/h2-10,14H,1H3,(H,17,20). The molecule has 0 saturated carbocycles. The Kier molecular flexibility index (Phi) is 3.24. The van der Waals surface area contributed by atoms with Gasteiger partial charge in [0.2, 0.25) is 0 Å². The number of carbonyl (C=O) groups is 1. The van der Waals surface area contributed by atoms with Gasteiger partial charge in [0, 0.05) is 0 Å².